The van der Waals surface area contributed by atoms with Gasteiger partial charge in [0.15, 0.2) is 0 Å². The maximum absolute atomic E-state index is 4.25. The average molecular weight is 209 g/mol. The zero-order valence-corrected chi connectivity index (χ0v) is 9.69. The van der Waals surface area contributed by atoms with E-state index < -0.39 is 0 Å². The zero-order valence-electron chi connectivity index (χ0n) is 9.69. The van der Waals surface area contributed by atoms with Gasteiger partial charge in [0, 0.05) is 32.2 Å². The monoisotopic (exact) mass is 209 g/mol. The minimum Gasteiger partial charge on any atom is -0.309 e. The van der Waals surface area contributed by atoms with E-state index in [1.165, 1.54) is 0 Å². The van der Waals surface area contributed by atoms with Gasteiger partial charge in [-0.1, -0.05) is 0 Å². The van der Waals surface area contributed by atoms with Gasteiger partial charge in [-0.15, -0.1) is 0 Å². The SMILES string of the molecule is Cn1ncnc1CN1CCNC(C)(C)C1. The topological polar surface area (TPSA) is 46.0 Å². The highest BCUT2D eigenvalue weighted by atomic mass is 15.3. The molecule has 2 heterocycles. The van der Waals surface area contributed by atoms with E-state index >= 15 is 0 Å². The lowest BCUT2D eigenvalue weighted by molar-refractivity contribution is 0.144. The number of aromatic nitrogens is 3. The Labute approximate surface area is 90.5 Å². The summed E-state index contributed by atoms with van der Waals surface area (Å²) in [4.78, 5) is 6.66. The number of rotatable bonds is 2. The number of hydrogen-bond donors (Lipinski definition) is 1. The number of aryl methyl sites for hydroxylation is 1. The lowest BCUT2D eigenvalue weighted by Crippen LogP contribution is -2.56. The Morgan fingerprint density at radius 1 is 1.53 bits per heavy atom. The third kappa shape index (κ3) is 2.54. The lowest BCUT2D eigenvalue weighted by Gasteiger charge is -2.38. The molecule has 0 aromatic carbocycles. The van der Waals surface area contributed by atoms with E-state index in [9.17, 15) is 0 Å². The Morgan fingerprint density at radius 3 is 2.93 bits per heavy atom. The molecule has 0 spiro atoms. The normalized spacial score (nSPS) is 21.8. The first kappa shape index (κ1) is 10.6. The molecule has 0 amide bonds. The second-order valence-electron chi connectivity index (χ2n) is 4.82. The van der Waals surface area contributed by atoms with Crippen LogP contribution in [0.15, 0.2) is 6.33 Å². The summed E-state index contributed by atoms with van der Waals surface area (Å²) in [6.07, 6.45) is 1.61. The molecular formula is C10H19N5. The summed E-state index contributed by atoms with van der Waals surface area (Å²) in [7, 11) is 1.94. The summed E-state index contributed by atoms with van der Waals surface area (Å²) in [6, 6.07) is 0. The molecule has 1 saturated heterocycles. The maximum atomic E-state index is 4.25. The highest BCUT2D eigenvalue weighted by molar-refractivity contribution is 4.90. The molecule has 1 aliphatic rings. The largest absolute Gasteiger partial charge is 0.309 e. The Morgan fingerprint density at radius 2 is 2.33 bits per heavy atom. The molecule has 15 heavy (non-hydrogen) atoms. The number of nitrogens with zero attached hydrogens (tertiary/aromatic N) is 4. The molecule has 1 fully saturated rings. The van der Waals surface area contributed by atoms with Crippen LogP contribution in [0.1, 0.15) is 19.7 Å². The van der Waals surface area contributed by atoms with Crippen molar-refractivity contribution in [2.24, 2.45) is 7.05 Å². The molecule has 1 aromatic heterocycles. The highest BCUT2D eigenvalue weighted by Crippen LogP contribution is 2.12. The van der Waals surface area contributed by atoms with E-state index in [0.29, 0.717) is 0 Å². The van der Waals surface area contributed by atoms with Crippen molar-refractivity contribution in [3.05, 3.63) is 12.2 Å². The van der Waals surface area contributed by atoms with Crippen LogP contribution in [0, 0.1) is 0 Å². The van der Waals surface area contributed by atoms with E-state index in [4.69, 9.17) is 0 Å². The van der Waals surface area contributed by atoms with Gasteiger partial charge >= 0.3 is 0 Å². The van der Waals surface area contributed by atoms with Gasteiger partial charge in [0.1, 0.15) is 12.2 Å². The molecule has 1 aliphatic heterocycles. The van der Waals surface area contributed by atoms with E-state index in [1.54, 1.807) is 6.33 Å². The first-order chi connectivity index (χ1) is 7.07. The van der Waals surface area contributed by atoms with E-state index in [1.807, 2.05) is 11.7 Å². The van der Waals surface area contributed by atoms with Crippen LogP contribution in [0.4, 0.5) is 0 Å². The van der Waals surface area contributed by atoms with Gasteiger partial charge in [-0.2, -0.15) is 5.10 Å². The molecule has 0 radical (unpaired) electrons. The van der Waals surface area contributed by atoms with Crippen molar-refractivity contribution in [3.8, 4) is 0 Å². The zero-order chi connectivity index (χ0) is 10.9. The molecule has 0 bridgehead atoms. The van der Waals surface area contributed by atoms with Crippen molar-refractivity contribution in [1.29, 1.82) is 0 Å². The predicted molar refractivity (Wildman–Crippen MR) is 58.4 cm³/mol. The molecule has 84 valence electrons. The average Bonchev–Trinajstić information content (AvgIpc) is 2.50. The highest BCUT2D eigenvalue weighted by Gasteiger charge is 2.26. The van der Waals surface area contributed by atoms with Crippen molar-refractivity contribution in [2.45, 2.75) is 25.9 Å². The van der Waals surface area contributed by atoms with Gasteiger partial charge in [0.25, 0.3) is 0 Å². The Hall–Kier alpha value is -0.940. The molecule has 0 atom stereocenters. The van der Waals surface area contributed by atoms with Crippen LogP contribution < -0.4 is 5.32 Å². The van der Waals surface area contributed by atoms with Crippen molar-refractivity contribution in [1.82, 2.24) is 25.0 Å². The Kier molecular flexibility index (Phi) is 2.75. The van der Waals surface area contributed by atoms with Gasteiger partial charge < -0.3 is 5.32 Å². The minimum atomic E-state index is 0.205. The molecule has 5 nitrogen and oxygen atoms in total. The summed E-state index contributed by atoms with van der Waals surface area (Å²) in [5, 5.41) is 7.58. The fraction of sp³-hybridized carbons (Fsp3) is 0.800. The van der Waals surface area contributed by atoms with Gasteiger partial charge in [0.05, 0.1) is 6.54 Å². The van der Waals surface area contributed by atoms with Crippen LogP contribution >= 0.6 is 0 Å². The summed E-state index contributed by atoms with van der Waals surface area (Å²) < 4.78 is 1.84. The molecule has 5 heteroatoms. The predicted octanol–water partition coefficient (Wildman–Crippen LogP) is -0.00110. The van der Waals surface area contributed by atoms with Crippen LogP contribution in [0.3, 0.4) is 0 Å². The first-order valence-corrected chi connectivity index (χ1v) is 5.37. The van der Waals surface area contributed by atoms with E-state index in [2.05, 4.69) is 34.1 Å². The summed E-state index contributed by atoms with van der Waals surface area (Å²) >= 11 is 0. The number of piperazine rings is 1. The Balaban J connectivity index is 1.98. The first-order valence-electron chi connectivity index (χ1n) is 5.37. The van der Waals surface area contributed by atoms with Gasteiger partial charge in [-0.25, -0.2) is 4.98 Å². The van der Waals surface area contributed by atoms with E-state index in [-0.39, 0.29) is 5.54 Å². The second-order valence-corrected chi connectivity index (χ2v) is 4.82. The molecule has 0 unspecified atom stereocenters. The summed E-state index contributed by atoms with van der Waals surface area (Å²) in [5.74, 6) is 1.03. The molecule has 1 N–H and O–H groups in total. The molecular weight excluding hydrogens is 190 g/mol. The minimum absolute atomic E-state index is 0.205. The Bertz CT molecular complexity index is 330. The third-order valence-corrected chi connectivity index (χ3v) is 2.82. The van der Waals surface area contributed by atoms with Crippen molar-refractivity contribution < 1.29 is 0 Å². The van der Waals surface area contributed by atoms with Crippen molar-refractivity contribution in [2.75, 3.05) is 19.6 Å². The molecule has 1 aromatic rings. The fourth-order valence-corrected chi connectivity index (χ4v) is 2.04. The van der Waals surface area contributed by atoms with Crippen LogP contribution in [-0.4, -0.2) is 44.8 Å². The third-order valence-electron chi connectivity index (χ3n) is 2.82. The summed E-state index contributed by atoms with van der Waals surface area (Å²) in [6.45, 7) is 8.54. The molecule has 0 saturated carbocycles. The van der Waals surface area contributed by atoms with E-state index in [0.717, 1.165) is 32.0 Å². The standard InChI is InChI=1S/C10H19N5/c1-10(2)7-15(5-4-12-10)6-9-11-8-13-14(9)3/h8,12H,4-7H2,1-3H3. The lowest BCUT2D eigenvalue weighted by atomic mass is 10.0. The van der Waals surface area contributed by atoms with Crippen molar-refractivity contribution >= 4 is 0 Å². The maximum Gasteiger partial charge on any atom is 0.140 e. The second kappa shape index (κ2) is 3.90. The van der Waals surface area contributed by atoms with Crippen LogP contribution in [0.2, 0.25) is 0 Å². The fourth-order valence-electron chi connectivity index (χ4n) is 2.04. The van der Waals surface area contributed by atoms with Crippen LogP contribution in [0.5, 0.6) is 0 Å². The molecule has 2 rings (SSSR count). The number of nitrogens with one attached hydrogen (secondary N) is 1. The van der Waals surface area contributed by atoms with Crippen LogP contribution in [0.25, 0.3) is 0 Å². The van der Waals surface area contributed by atoms with Gasteiger partial charge in [-0.3, -0.25) is 9.58 Å². The van der Waals surface area contributed by atoms with Crippen LogP contribution in [-0.2, 0) is 13.6 Å². The summed E-state index contributed by atoms with van der Waals surface area (Å²) in [5.41, 5.74) is 0.205. The number of hydrogen-bond acceptors (Lipinski definition) is 4. The van der Waals surface area contributed by atoms with Crippen molar-refractivity contribution in [3.63, 3.8) is 0 Å². The smallest absolute Gasteiger partial charge is 0.140 e. The van der Waals surface area contributed by atoms with Gasteiger partial charge in [0.2, 0.25) is 0 Å². The molecule has 0 aliphatic carbocycles. The quantitative estimate of drug-likeness (QED) is 0.744. The van der Waals surface area contributed by atoms with Gasteiger partial charge in [-0.05, 0) is 13.8 Å².